The fourth-order valence-electron chi connectivity index (χ4n) is 3.90. The first-order valence-corrected chi connectivity index (χ1v) is 12.4. The molecule has 0 spiro atoms. The van der Waals surface area contributed by atoms with Gasteiger partial charge in [-0.1, -0.05) is 12.1 Å². The van der Waals surface area contributed by atoms with Crippen LogP contribution in [0.4, 0.5) is 0 Å². The molecule has 1 unspecified atom stereocenters. The summed E-state index contributed by atoms with van der Waals surface area (Å²) in [5.41, 5.74) is 3.38. The molecule has 1 aliphatic rings. The molecule has 1 atom stereocenters. The quantitative estimate of drug-likeness (QED) is 0.617. The molecule has 0 saturated carbocycles. The Morgan fingerprint density at radius 1 is 1.25 bits per heavy atom. The minimum absolute atomic E-state index is 0.0114. The number of nitriles is 1. The molecule has 0 fully saturated rings. The highest BCUT2D eigenvalue weighted by molar-refractivity contribution is 7.89. The first-order chi connectivity index (χ1) is 15.2. The van der Waals surface area contributed by atoms with E-state index in [2.05, 4.69) is 6.07 Å². The van der Waals surface area contributed by atoms with Gasteiger partial charge in [-0.2, -0.15) is 9.57 Å². The smallest absolute Gasteiger partial charge is 0.214 e. The number of aliphatic hydroxyl groups is 1. The van der Waals surface area contributed by atoms with Gasteiger partial charge < -0.3 is 14.6 Å². The first-order valence-electron chi connectivity index (χ1n) is 10.8. The van der Waals surface area contributed by atoms with E-state index in [9.17, 15) is 13.7 Å². The third kappa shape index (κ3) is 5.60. The predicted molar refractivity (Wildman–Crippen MR) is 122 cm³/mol. The molecule has 1 heterocycles. The van der Waals surface area contributed by atoms with Crippen LogP contribution in [0.1, 0.15) is 55.5 Å². The second-order valence-electron chi connectivity index (χ2n) is 8.19. The second-order valence-corrected chi connectivity index (χ2v) is 10.2. The lowest BCUT2D eigenvalue weighted by molar-refractivity contribution is 0.241. The zero-order valence-corrected chi connectivity index (χ0v) is 19.6. The summed E-state index contributed by atoms with van der Waals surface area (Å²) in [5.74, 6) is 1.22. The van der Waals surface area contributed by atoms with Crippen LogP contribution in [0.15, 0.2) is 36.4 Å². The summed E-state index contributed by atoms with van der Waals surface area (Å²) >= 11 is 0. The summed E-state index contributed by atoms with van der Waals surface area (Å²) in [6.07, 6.45) is 0.834. The number of hydrogen-bond acceptors (Lipinski definition) is 6. The number of hydrogen-bond donors (Lipinski definition) is 1. The van der Waals surface area contributed by atoms with Gasteiger partial charge in [0.2, 0.25) is 10.0 Å². The summed E-state index contributed by atoms with van der Waals surface area (Å²) < 4.78 is 38.3. The van der Waals surface area contributed by atoms with Crippen molar-refractivity contribution in [1.29, 1.82) is 5.26 Å². The molecular formula is C24H30N2O5S. The molecule has 7 nitrogen and oxygen atoms in total. The Labute approximate surface area is 190 Å². The van der Waals surface area contributed by atoms with E-state index in [0.29, 0.717) is 36.6 Å². The lowest BCUT2D eigenvalue weighted by Crippen LogP contribution is -2.40. The van der Waals surface area contributed by atoms with E-state index in [-0.39, 0.29) is 30.9 Å². The van der Waals surface area contributed by atoms with Crippen molar-refractivity contribution in [3.8, 4) is 17.6 Å². The standard InChI is InChI=1S/C24H30N2O5S/c1-17(2)31-24-8-5-19(13-21(24)15-25)16-30-22-6-7-23-18(3)26(10-9-20(23)14-22)32(28,29)12-4-11-27/h5-8,13-14,17-18,27H,4,9-12,16H2,1-3H3. The molecule has 2 aromatic rings. The van der Waals surface area contributed by atoms with Gasteiger partial charge in [0.1, 0.15) is 24.2 Å². The van der Waals surface area contributed by atoms with Gasteiger partial charge in [0.15, 0.2) is 0 Å². The summed E-state index contributed by atoms with van der Waals surface area (Å²) in [5, 5.41) is 18.4. The second kappa shape index (κ2) is 10.3. The highest BCUT2D eigenvalue weighted by Gasteiger charge is 2.32. The van der Waals surface area contributed by atoms with Crippen LogP contribution < -0.4 is 9.47 Å². The fourth-order valence-corrected chi connectivity index (χ4v) is 5.59. The Morgan fingerprint density at radius 2 is 2.03 bits per heavy atom. The first kappa shape index (κ1) is 24.1. The number of nitrogens with zero attached hydrogens (tertiary/aromatic N) is 2. The number of sulfonamides is 1. The Kier molecular flexibility index (Phi) is 7.77. The van der Waals surface area contributed by atoms with E-state index < -0.39 is 10.0 Å². The van der Waals surface area contributed by atoms with Crippen molar-refractivity contribution < 1.29 is 23.0 Å². The Morgan fingerprint density at radius 3 is 2.72 bits per heavy atom. The molecule has 32 heavy (non-hydrogen) atoms. The zero-order valence-electron chi connectivity index (χ0n) is 18.7. The molecule has 1 aliphatic heterocycles. The maximum atomic E-state index is 12.6. The predicted octanol–water partition coefficient (Wildman–Crippen LogP) is 3.56. The van der Waals surface area contributed by atoms with Crippen molar-refractivity contribution in [2.75, 3.05) is 18.9 Å². The maximum absolute atomic E-state index is 12.6. The van der Waals surface area contributed by atoms with Crippen LogP contribution in [-0.2, 0) is 23.1 Å². The summed E-state index contributed by atoms with van der Waals surface area (Å²) in [7, 11) is -3.41. The molecular weight excluding hydrogens is 428 g/mol. The molecule has 0 aromatic heterocycles. The monoisotopic (exact) mass is 458 g/mol. The average molecular weight is 459 g/mol. The highest BCUT2D eigenvalue weighted by atomic mass is 32.2. The van der Waals surface area contributed by atoms with Crippen LogP contribution in [0, 0.1) is 11.3 Å². The summed E-state index contributed by atoms with van der Waals surface area (Å²) in [6.45, 7) is 6.31. The van der Waals surface area contributed by atoms with Crippen molar-refractivity contribution in [3.05, 3.63) is 58.7 Å². The van der Waals surface area contributed by atoms with Crippen molar-refractivity contribution in [1.82, 2.24) is 4.31 Å². The minimum Gasteiger partial charge on any atom is -0.490 e. The molecule has 172 valence electrons. The van der Waals surface area contributed by atoms with Gasteiger partial charge in [-0.05, 0) is 74.6 Å². The average Bonchev–Trinajstić information content (AvgIpc) is 2.76. The molecule has 0 radical (unpaired) electrons. The molecule has 2 aromatic carbocycles. The van der Waals surface area contributed by atoms with Crippen LogP contribution in [0.5, 0.6) is 11.5 Å². The van der Waals surface area contributed by atoms with Crippen LogP contribution >= 0.6 is 0 Å². The minimum atomic E-state index is -3.41. The molecule has 0 aliphatic carbocycles. The Bertz CT molecular complexity index is 1090. The zero-order chi connectivity index (χ0) is 23.3. The van der Waals surface area contributed by atoms with Gasteiger partial charge in [-0.25, -0.2) is 8.42 Å². The van der Waals surface area contributed by atoms with Crippen LogP contribution in [0.2, 0.25) is 0 Å². The SMILES string of the molecule is CC(C)Oc1ccc(COc2ccc3c(c2)CCN(S(=O)(=O)CCCO)C3C)cc1C#N. The lowest BCUT2D eigenvalue weighted by atomic mass is 9.95. The van der Waals surface area contributed by atoms with Crippen molar-refractivity contribution >= 4 is 10.0 Å². The van der Waals surface area contributed by atoms with E-state index in [1.807, 2.05) is 45.0 Å². The van der Waals surface area contributed by atoms with Crippen molar-refractivity contribution in [2.45, 2.75) is 52.4 Å². The van der Waals surface area contributed by atoms with Crippen molar-refractivity contribution in [2.24, 2.45) is 0 Å². The number of aliphatic hydroxyl groups excluding tert-OH is 1. The topological polar surface area (TPSA) is 99.9 Å². The lowest BCUT2D eigenvalue weighted by Gasteiger charge is -2.34. The fraction of sp³-hybridized carbons (Fsp3) is 0.458. The van der Waals surface area contributed by atoms with E-state index in [4.69, 9.17) is 14.6 Å². The number of ether oxygens (including phenoxy) is 2. The molecule has 0 bridgehead atoms. The van der Waals surface area contributed by atoms with Crippen LogP contribution in [-0.4, -0.2) is 42.8 Å². The highest BCUT2D eigenvalue weighted by Crippen LogP contribution is 2.34. The molecule has 8 heteroatoms. The number of rotatable bonds is 9. The van der Waals surface area contributed by atoms with Gasteiger partial charge in [-0.3, -0.25) is 0 Å². The number of fused-ring (bicyclic) bond motifs is 1. The Hall–Kier alpha value is -2.60. The third-order valence-electron chi connectivity index (χ3n) is 5.45. The summed E-state index contributed by atoms with van der Waals surface area (Å²) in [4.78, 5) is 0. The Balaban J connectivity index is 1.70. The van der Waals surface area contributed by atoms with Gasteiger partial charge in [0, 0.05) is 19.2 Å². The molecule has 1 N–H and O–H groups in total. The van der Waals surface area contributed by atoms with Crippen LogP contribution in [0.3, 0.4) is 0 Å². The molecule has 3 rings (SSSR count). The van der Waals surface area contributed by atoms with Crippen LogP contribution in [0.25, 0.3) is 0 Å². The van der Waals surface area contributed by atoms with E-state index in [1.165, 1.54) is 4.31 Å². The van der Waals surface area contributed by atoms with E-state index >= 15 is 0 Å². The maximum Gasteiger partial charge on any atom is 0.214 e. The van der Waals surface area contributed by atoms with E-state index in [0.717, 1.165) is 16.7 Å². The van der Waals surface area contributed by atoms with Gasteiger partial charge in [0.25, 0.3) is 0 Å². The van der Waals surface area contributed by atoms with Gasteiger partial charge in [-0.15, -0.1) is 0 Å². The summed E-state index contributed by atoms with van der Waals surface area (Å²) in [6, 6.07) is 13.1. The normalized spacial score (nSPS) is 16.4. The number of benzene rings is 2. The van der Waals surface area contributed by atoms with Gasteiger partial charge in [0.05, 0.1) is 17.4 Å². The molecule has 0 amide bonds. The van der Waals surface area contributed by atoms with Gasteiger partial charge >= 0.3 is 0 Å². The largest absolute Gasteiger partial charge is 0.490 e. The molecule has 0 saturated heterocycles. The van der Waals surface area contributed by atoms with E-state index in [1.54, 1.807) is 12.1 Å². The third-order valence-corrected chi connectivity index (χ3v) is 7.47. The van der Waals surface area contributed by atoms with Crippen molar-refractivity contribution in [3.63, 3.8) is 0 Å².